The van der Waals surface area contributed by atoms with Crippen LogP contribution in [0.2, 0.25) is 0 Å². The highest BCUT2D eigenvalue weighted by Crippen LogP contribution is 2.61. The number of esters is 1. The normalized spacial score (nSPS) is 21.7. The number of allylic oxidation sites excluding steroid dienone is 1. The van der Waals surface area contributed by atoms with Gasteiger partial charge in [0.2, 0.25) is 0 Å². The fourth-order valence-corrected chi connectivity index (χ4v) is 3.08. The van der Waals surface area contributed by atoms with Crippen LogP contribution in [0, 0.1) is 5.41 Å². The van der Waals surface area contributed by atoms with Gasteiger partial charge >= 0.3 is 5.97 Å². The number of carbonyl (C=O) groups is 2. The quantitative estimate of drug-likeness (QED) is 0.440. The first-order valence-electron chi connectivity index (χ1n) is 8.18. The van der Waals surface area contributed by atoms with Crippen LogP contribution in [-0.2, 0) is 20.9 Å². The molecule has 1 aliphatic rings. The molecule has 4 heteroatoms. The molecule has 25 heavy (non-hydrogen) atoms. The Hall–Kier alpha value is -2.88. The molecule has 2 aromatic rings. The van der Waals surface area contributed by atoms with Gasteiger partial charge < -0.3 is 9.47 Å². The molecule has 0 bridgehead atoms. The second kappa shape index (κ2) is 7.34. The largest absolute Gasteiger partial charge is 0.497 e. The summed E-state index contributed by atoms with van der Waals surface area (Å²) in [5.74, 6) is 0.484. The van der Waals surface area contributed by atoms with Crippen LogP contribution in [0.5, 0.6) is 5.75 Å². The van der Waals surface area contributed by atoms with Gasteiger partial charge in [0, 0.05) is 5.92 Å². The molecule has 0 aliphatic heterocycles. The van der Waals surface area contributed by atoms with Crippen LogP contribution in [0.25, 0.3) is 0 Å². The summed E-state index contributed by atoms with van der Waals surface area (Å²) in [6, 6.07) is 17.2. The molecular formula is C21H20O4. The Kier molecular flexibility index (Phi) is 4.98. The van der Waals surface area contributed by atoms with E-state index in [1.54, 1.807) is 13.2 Å². The molecule has 0 N–H and O–H groups in total. The van der Waals surface area contributed by atoms with Crippen molar-refractivity contribution in [2.24, 2.45) is 5.41 Å². The Bertz CT molecular complexity index is 764. The predicted molar refractivity (Wildman–Crippen MR) is 94.2 cm³/mol. The van der Waals surface area contributed by atoms with Gasteiger partial charge in [-0.15, -0.1) is 0 Å². The zero-order valence-electron chi connectivity index (χ0n) is 14.1. The number of benzene rings is 2. The number of aldehydes is 1. The Balaban J connectivity index is 1.74. The van der Waals surface area contributed by atoms with Crippen molar-refractivity contribution in [3.05, 3.63) is 77.9 Å². The first kappa shape index (κ1) is 17.0. The molecule has 4 nitrogen and oxygen atoms in total. The van der Waals surface area contributed by atoms with Crippen LogP contribution in [0.15, 0.2) is 66.7 Å². The van der Waals surface area contributed by atoms with Crippen molar-refractivity contribution in [2.45, 2.75) is 18.9 Å². The topological polar surface area (TPSA) is 52.6 Å². The maximum absolute atomic E-state index is 12.7. The maximum atomic E-state index is 12.7. The molecule has 1 fully saturated rings. The maximum Gasteiger partial charge on any atom is 0.316 e. The highest BCUT2D eigenvalue weighted by molar-refractivity contribution is 5.86. The molecule has 1 aliphatic carbocycles. The third-order valence-corrected chi connectivity index (χ3v) is 4.59. The summed E-state index contributed by atoms with van der Waals surface area (Å²) in [6.45, 7) is 0.228. The van der Waals surface area contributed by atoms with Crippen molar-refractivity contribution in [1.82, 2.24) is 0 Å². The molecule has 0 radical (unpaired) electrons. The van der Waals surface area contributed by atoms with E-state index in [2.05, 4.69) is 0 Å². The Morgan fingerprint density at radius 1 is 1.16 bits per heavy atom. The van der Waals surface area contributed by atoms with Crippen LogP contribution in [0.3, 0.4) is 0 Å². The van der Waals surface area contributed by atoms with Crippen molar-refractivity contribution in [1.29, 1.82) is 0 Å². The number of hydrogen-bond donors (Lipinski definition) is 0. The summed E-state index contributed by atoms with van der Waals surface area (Å²) in [6.07, 6.45) is 4.38. The van der Waals surface area contributed by atoms with Gasteiger partial charge in [0.1, 0.15) is 18.6 Å². The zero-order chi connectivity index (χ0) is 17.7. The zero-order valence-corrected chi connectivity index (χ0v) is 14.1. The van der Waals surface area contributed by atoms with Gasteiger partial charge in [-0.2, -0.15) is 0 Å². The second-order valence-corrected chi connectivity index (χ2v) is 6.13. The van der Waals surface area contributed by atoms with Crippen molar-refractivity contribution < 1.29 is 19.1 Å². The second-order valence-electron chi connectivity index (χ2n) is 6.13. The fraction of sp³-hybridized carbons (Fsp3) is 0.238. The molecule has 1 saturated carbocycles. The molecule has 0 unspecified atom stereocenters. The molecule has 0 aromatic heterocycles. The van der Waals surface area contributed by atoms with E-state index in [-0.39, 0.29) is 18.5 Å². The van der Waals surface area contributed by atoms with Crippen molar-refractivity contribution in [2.75, 3.05) is 7.11 Å². The van der Waals surface area contributed by atoms with Gasteiger partial charge in [0.15, 0.2) is 0 Å². The highest BCUT2D eigenvalue weighted by atomic mass is 16.5. The smallest absolute Gasteiger partial charge is 0.316 e. The molecule has 0 amide bonds. The van der Waals surface area contributed by atoms with Crippen molar-refractivity contribution in [3.63, 3.8) is 0 Å². The Labute approximate surface area is 147 Å². The fourth-order valence-electron chi connectivity index (χ4n) is 3.08. The van der Waals surface area contributed by atoms with E-state index in [9.17, 15) is 9.59 Å². The molecule has 3 rings (SSSR count). The Morgan fingerprint density at radius 2 is 1.88 bits per heavy atom. The van der Waals surface area contributed by atoms with E-state index in [0.717, 1.165) is 16.9 Å². The van der Waals surface area contributed by atoms with Crippen LogP contribution < -0.4 is 4.74 Å². The van der Waals surface area contributed by atoms with E-state index < -0.39 is 5.41 Å². The summed E-state index contributed by atoms with van der Waals surface area (Å²) < 4.78 is 10.7. The number of carbonyl (C=O) groups excluding carboxylic acids is 2. The minimum atomic E-state index is -0.760. The monoisotopic (exact) mass is 336 g/mol. The van der Waals surface area contributed by atoms with Crippen molar-refractivity contribution in [3.8, 4) is 5.75 Å². The first-order chi connectivity index (χ1) is 12.2. The molecule has 2 aromatic carbocycles. The van der Waals surface area contributed by atoms with E-state index in [4.69, 9.17) is 9.47 Å². The first-order valence-corrected chi connectivity index (χ1v) is 8.18. The average Bonchev–Trinajstić information content (AvgIpc) is 3.41. The molecule has 2 atom stereocenters. The molecular weight excluding hydrogens is 316 g/mol. The Morgan fingerprint density at radius 3 is 2.52 bits per heavy atom. The SMILES string of the molecule is COc1ccc([C@H]2C[C@]2(/C=C/C=O)C(=O)OCc2ccccc2)cc1. The lowest BCUT2D eigenvalue weighted by Crippen LogP contribution is -2.19. The summed E-state index contributed by atoms with van der Waals surface area (Å²) >= 11 is 0. The van der Waals surface area contributed by atoms with Gasteiger partial charge in [-0.05, 0) is 35.8 Å². The number of rotatable bonds is 7. The third-order valence-electron chi connectivity index (χ3n) is 4.59. The number of methoxy groups -OCH3 is 1. The van der Waals surface area contributed by atoms with Crippen LogP contribution in [0.4, 0.5) is 0 Å². The minimum absolute atomic E-state index is 0.0119. The number of hydrogen-bond acceptors (Lipinski definition) is 4. The highest BCUT2D eigenvalue weighted by Gasteiger charge is 2.60. The molecule has 0 heterocycles. The van der Waals surface area contributed by atoms with Gasteiger partial charge in [-0.25, -0.2) is 0 Å². The van der Waals surface area contributed by atoms with E-state index in [1.807, 2.05) is 54.6 Å². The van der Waals surface area contributed by atoms with Gasteiger partial charge in [0.05, 0.1) is 12.5 Å². The minimum Gasteiger partial charge on any atom is -0.497 e. The van der Waals surface area contributed by atoms with E-state index in [0.29, 0.717) is 12.7 Å². The standard InChI is InChI=1S/C21H20O4/c1-24-18-10-8-17(9-11-18)19-14-21(19,12-5-13-22)20(23)25-15-16-6-3-2-4-7-16/h2-13,19H,14-15H2,1H3/b12-5+/t19-,21+/m1/s1. The number of ether oxygens (including phenoxy) is 2. The lowest BCUT2D eigenvalue weighted by molar-refractivity contribution is -0.149. The lowest BCUT2D eigenvalue weighted by Gasteiger charge is -2.13. The summed E-state index contributed by atoms with van der Waals surface area (Å²) in [5, 5.41) is 0. The molecule has 128 valence electrons. The lowest BCUT2D eigenvalue weighted by atomic mass is 9.98. The van der Waals surface area contributed by atoms with E-state index >= 15 is 0 Å². The van der Waals surface area contributed by atoms with Crippen LogP contribution in [0.1, 0.15) is 23.5 Å². The average molecular weight is 336 g/mol. The summed E-state index contributed by atoms with van der Waals surface area (Å²) in [5.41, 5.74) is 1.21. The molecule has 0 saturated heterocycles. The van der Waals surface area contributed by atoms with Crippen LogP contribution >= 0.6 is 0 Å². The van der Waals surface area contributed by atoms with Gasteiger partial charge in [0.25, 0.3) is 0 Å². The van der Waals surface area contributed by atoms with E-state index in [1.165, 1.54) is 6.08 Å². The van der Waals surface area contributed by atoms with Crippen molar-refractivity contribution >= 4 is 12.3 Å². The van der Waals surface area contributed by atoms with Gasteiger partial charge in [-0.1, -0.05) is 48.5 Å². The summed E-state index contributed by atoms with van der Waals surface area (Å²) in [7, 11) is 1.62. The van der Waals surface area contributed by atoms with Gasteiger partial charge in [-0.3, -0.25) is 9.59 Å². The summed E-state index contributed by atoms with van der Waals surface area (Å²) in [4.78, 5) is 23.5. The molecule has 0 spiro atoms. The third kappa shape index (κ3) is 3.63. The van der Waals surface area contributed by atoms with Crippen LogP contribution in [-0.4, -0.2) is 19.4 Å². The predicted octanol–water partition coefficient (Wildman–Crippen LogP) is 3.67.